The van der Waals surface area contributed by atoms with Crippen LogP contribution in [-0.4, -0.2) is 20.7 Å². The van der Waals surface area contributed by atoms with Gasteiger partial charge in [0.05, 0.1) is 23.8 Å². The van der Waals surface area contributed by atoms with Crippen LogP contribution < -0.4 is 5.32 Å². The number of para-hydroxylation sites is 1. The zero-order valence-electron chi connectivity index (χ0n) is 14.7. The molecule has 4 aromatic rings. The Balaban J connectivity index is 1.64. The smallest absolute Gasteiger partial charge is 0.257 e. The second-order valence-electron chi connectivity index (χ2n) is 6.25. The number of halogens is 1. The number of hydrogen-bond donors (Lipinski definition) is 1. The molecule has 0 aliphatic rings. The van der Waals surface area contributed by atoms with Gasteiger partial charge in [-0.2, -0.15) is 5.10 Å². The maximum absolute atomic E-state index is 13.0. The van der Waals surface area contributed by atoms with E-state index in [0.29, 0.717) is 17.9 Å². The highest BCUT2D eigenvalue weighted by atomic mass is 79.9. The number of amides is 1. The van der Waals surface area contributed by atoms with Gasteiger partial charge in [0.2, 0.25) is 0 Å². The van der Waals surface area contributed by atoms with Crippen molar-refractivity contribution in [3.05, 3.63) is 88.2 Å². The SMILES string of the molecule is Cc1cc(C(=O)Nc2ccnn2Cc2ccccc2Br)c2ccccc2n1. The minimum absolute atomic E-state index is 0.175. The number of fused-ring (bicyclic) bond motifs is 1. The third-order valence-corrected chi connectivity index (χ3v) is 5.10. The van der Waals surface area contributed by atoms with E-state index in [1.54, 1.807) is 16.9 Å². The predicted octanol–water partition coefficient (Wildman–Crippen LogP) is 4.80. The normalized spacial score (nSPS) is 10.9. The van der Waals surface area contributed by atoms with Gasteiger partial charge in [-0.3, -0.25) is 9.78 Å². The third kappa shape index (κ3) is 3.61. The highest BCUT2D eigenvalue weighted by molar-refractivity contribution is 9.10. The molecule has 0 saturated heterocycles. The van der Waals surface area contributed by atoms with Crippen LogP contribution >= 0.6 is 15.9 Å². The Morgan fingerprint density at radius 1 is 1.11 bits per heavy atom. The average Bonchev–Trinajstić information content (AvgIpc) is 3.09. The summed E-state index contributed by atoms with van der Waals surface area (Å²) < 4.78 is 2.78. The molecule has 0 aliphatic carbocycles. The quantitative estimate of drug-likeness (QED) is 0.515. The monoisotopic (exact) mass is 420 g/mol. The Kier molecular flexibility index (Phi) is 4.73. The molecule has 4 rings (SSSR count). The highest BCUT2D eigenvalue weighted by Crippen LogP contribution is 2.21. The lowest BCUT2D eigenvalue weighted by Gasteiger charge is -2.12. The van der Waals surface area contributed by atoms with E-state index in [9.17, 15) is 4.79 Å². The van der Waals surface area contributed by atoms with Gasteiger partial charge >= 0.3 is 0 Å². The van der Waals surface area contributed by atoms with Gasteiger partial charge in [-0.25, -0.2) is 4.68 Å². The number of carbonyl (C=O) groups is 1. The Labute approximate surface area is 165 Å². The minimum atomic E-state index is -0.175. The molecule has 0 atom stereocenters. The molecule has 2 heterocycles. The average molecular weight is 421 g/mol. The molecule has 2 aromatic heterocycles. The van der Waals surface area contributed by atoms with E-state index < -0.39 is 0 Å². The first-order chi connectivity index (χ1) is 13.1. The molecule has 0 radical (unpaired) electrons. The standard InChI is InChI=1S/C21H17BrN4O/c1-14-12-17(16-7-3-5-9-19(16)24-14)21(27)25-20-10-11-23-26(20)13-15-6-2-4-8-18(15)22/h2-12H,13H2,1H3,(H,25,27). The van der Waals surface area contributed by atoms with E-state index in [-0.39, 0.29) is 5.91 Å². The first-order valence-corrected chi connectivity index (χ1v) is 9.34. The number of aromatic nitrogens is 3. The molecular formula is C21H17BrN4O. The lowest BCUT2D eigenvalue weighted by molar-refractivity contribution is 0.102. The van der Waals surface area contributed by atoms with E-state index >= 15 is 0 Å². The number of pyridine rings is 1. The van der Waals surface area contributed by atoms with Gasteiger partial charge in [0.1, 0.15) is 5.82 Å². The third-order valence-electron chi connectivity index (χ3n) is 4.32. The number of nitrogens with zero attached hydrogens (tertiary/aromatic N) is 3. The molecule has 2 aromatic carbocycles. The van der Waals surface area contributed by atoms with Crippen molar-refractivity contribution >= 4 is 38.6 Å². The summed E-state index contributed by atoms with van der Waals surface area (Å²) in [5.41, 5.74) is 3.30. The number of anilines is 1. The molecule has 5 nitrogen and oxygen atoms in total. The largest absolute Gasteiger partial charge is 0.307 e. The molecule has 0 fully saturated rings. The fraction of sp³-hybridized carbons (Fsp3) is 0.0952. The van der Waals surface area contributed by atoms with Crippen LogP contribution in [0, 0.1) is 6.92 Å². The number of aryl methyl sites for hydroxylation is 1. The van der Waals surface area contributed by atoms with Crippen LogP contribution in [0.5, 0.6) is 0 Å². The molecule has 0 bridgehead atoms. The van der Waals surface area contributed by atoms with E-state index in [1.807, 2.05) is 61.5 Å². The number of hydrogen-bond acceptors (Lipinski definition) is 3. The molecule has 6 heteroatoms. The van der Waals surface area contributed by atoms with Gasteiger partial charge in [0, 0.05) is 21.6 Å². The predicted molar refractivity (Wildman–Crippen MR) is 110 cm³/mol. The molecule has 1 amide bonds. The van der Waals surface area contributed by atoms with Crippen molar-refractivity contribution in [2.45, 2.75) is 13.5 Å². The first-order valence-electron chi connectivity index (χ1n) is 8.55. The first kappa shape index (κ1) is 17.4. The second-order valence-corrected chi connectivity index (χ2v) is 7.10. The molecule has 1 N–H and O–H groups in total. The second kappa shape index (κ2) is 7.32. The van der Waals surface area contributed by atoms with Gasteiger partial charge < -0.3 is 5.32 Å². The highest BCUT2D eigenvalue weighted by Gasteiger charge is 2.14. The summed E-state index contributed by atoms with van der Waals surface area (Å²) in [6.45, 7) is 2.44. The van der Waals surface area contributed by atoms with Gasteiger partial charge in [-0.15, -0.1) is 0 Å². The molecule has 134 valence electrons. The summed E-state index contributed by atoms with van der Waals surface area (Å²) in [5.74, 6) is 0.472. The summed E-state index contributed by atoms with van der Waals surface area (Å²) in [5, 5.41) is 8.16. The maximum atomic E-state index is 13.0. The van der Waals surface area contributed by atoms with E-state index in [2.05, 4.69) is 31.3 Å². The molecule has 0 unspecified atom stereocenters. The van der Waals surface area contributed by atoms with Crippen LogP contribution in [-0.2, 0) is 6.54 Å². The van der Waals surface area contributed by atoms with Crippen LogP contribution in [0.3, 0.4) is 0 Å². The molecule has 27 heavy (non-hydrogen) atoms. The van der Waals surface area contributed by atoms with Crippen LogP contribution in [0.25, 0.3) is 10.9 Å². The van der Waals surface area contributed by atoms with Gasteiger partial charge in [-0.1, -0.05) is 52.3 Å². The Hall–Kier alpha value is -2.99. The fourth-order valence-electron chi connectivity index (χ4n) is 3.03. The number of rotatable bonds is 4. The number of carbonyl (C=O) groups excluding carboxylic acids is 1. The van der Waals surface area contributed by atoms with Crippen molar-refractivity contribution in [2.75, 3.05) is 5.32 Å². The lowest BCUT2D eigenvalue weighted by atomic mass is 10.1. The maximum Gasteiger partial charge on any atom is 0.257 e. The van der Waals surface area contributed by atoms with Crippen LogP contribution in [0.1, 0.15) is 21.6 Å². The van der Waals surface area contributed by atoms with E-state index in [1.165, 1.54) is 0 Å². The molecule has 0 aliphatic heterocycles. The van der Waals surface area contributed by atoms with Crippen LogP contribution in [0.2, 0.25) is 0 Å². The van der Waals surface area contributed by atoms with Crippen molar-refractivity contribution in [1.82, 2.24) is 14.8 Å². The van der Waals surface area contributed by atoms with Crippen molar-refractivity contribution in [1.29, 1.82) is 0 Å². The molecular weight excluding hydrogens is 404 g/mol. The Bertz CT molecular complexity index is 1140. The Morgan fingerprint density at radius 2 is 1.89 bits per heavy atom. The molecule has 0 spiro atoms. The summed E-state index contributed by atoms with van der Waals surface area (Å²) in [7, 11) is 0. The summed E-state index contributed by atoms with van der Waals surface area (Å²) in [6.07, 6.45) is 1.68. The van der Waals surface area contributed by atoms with E-state index in [4.69, 9.17) is 0 Å². The van der Waals surface area contributed by atoms with Crippen molar-refractivity contribution in [3.63, 3.8) is 0 Å². The number of nitrogens with one attached hydrogen (secondary N) is 1. The van der Waals surface area contributed by atoms with Crippen molar-refractivity contribution in [3.8, 4) is 0 Å². The van der Waals surface area contributed by atoms with Crippen LogP contribution in [0.4, 0.5) is 5.82 Å². The summed E-state index contributed by atoms with van der Waals surface area (Å²) >= 11 is 3.55. The van der Waals surface area contributed by atoms with Gasteiger partial charge in [0.15, 0.2) is 0 Å². The lowest BCUT2D eigenvalue weighted by Crippen LogP contribution is -2.17. The van der Waals surface area contributed by atoms with E-state index in [0.717, 1.165) is 26.6 Å². The fourth-order valence-corrected chi connectivity index (χ4v) is 3.44. The van der Waals surface area contributed by atoms with Gasteiger partial charge in [0.25, 0.3) is 5.91 Å². The summed E-state index contributed by atoms with van der Waals surface area (Å²) in [4.78, 5) is 17.5. The van der Waals surface area contributed by atoms with Crippen LogP contribution in [0.15, 0.2) is 71.3 Å². The van der Waals surface area contributed by atoms with Crippen molar-refractivity contribution < 1.29 is 4.79 Å². The zero-order valence-corrected chi connectivity index (χ0v) is 16.3. The summed E-state index contributed by atoms with van der Waals surface area (Å²) in [6, 6.07) is 19.2. The van der Waals surface area contributed by atoms with Crippen molar-refractivity contribution in [2.24, 2.45) is 0 Å². The van der Waals surface area contributed by atoms with Gasteiger partial charge in [-0.05, 0) is 30.7 Å². The minimum Gasteiger partial charge on any atom is -0.307 e. The molecule has 0 saturated carbocycles. The topological polar surface area (TPSA) is 59.8 Å². The Morgan fingerprint density at radius 3 is 2.74 bits per heavy atom. The zero-order chi connectivity index (χ0) is 18.8. The number of benzene rings is 2.